The predicted molar refractivity (Wildman–Crippen MR) is 79.5 cm³/mol. The molecule has 2 fully saturated rings. The largest absolute Gasteiger partial charge is 0.356 e. The first-order valence-electron chi connectivity index (χ1n) is 7.73. The van der Waals surface area contributed by atoms with Crippen LogP contribution in [0.3, 0.4) is 0 Å². The van der Waals surface area contributed by atoms with Gasteiger partial charge in [-0.3, -0.25) is 4.90 Å². The molecule has 0 bridgehead atoms. The number of likely N-dealkylation sites (tertiary alicyclic amines) is 1. The van der Waals surface area contributed by atoms with Crippen LogP contribution in [-0.4, -0.2) is 35.6 Å². The SMILES string of the molecule is CC(C)N1CCC[C@H]1c1cccnc1N1CCCC1. The van der Waals surface area contributed by atoms with Crippen molar-refractivity contribution in [2.75, 3.05) is 24.5 Å². The zero-order valence-corrected chi connectivity index (χ0v) is 12.2. The van der Waals surface area contributed by atoms with Crippen LogP contribution < -0.4 is 4.90 Å². The lowest BCUT2D eigenvalue weighted by atomic mass is 10.0. The molecule has 3 heteroatoms. The second-order valence-electron chi connectivity index (χ2n) is 6.10. The minimum absolute atomic E-state index is 0.573. The van der Waals surface area contributed by atoms with Gasteiger partial charge in [0.2, 0.25) is 0 Å². The molecule has 0 spiro atoms. The fraction of sp³-hybridized carbons (Fsp3) is 0.688. The molecule has 0 aliphatic carbocycles. The van der Waals surface area contributed by atoms with E-state index >= 15 is 0 Å². The molecule has 0 unspecified atom stereocenters. The maximum Gasteiger partial charge on any atom is 0.133 e. The molecule has 3 heterocycles. The predicted octanol–water partition coefficient (Wildman–Crippen LogP) is 3.23. The van der Waals surface area contributed by atoms with Gasteiger partial charge in [0.05, 0.1) is 0 Å². The molecule has 2 saturated heterocycles. The average molecular weight is 259 g/mol. The molecule has 0 radical (unpaired) electrons. The van der Waals surface area contributed by atoms with Gasteiger partial charge in [0.1, 0.15) is 5.82 Å². The Labute approximate surface area is 116 Å². The minimum Gasteiger partial charge on any atom is -0.356 e. The van der Waals surface area contributed by atoms with E-state index in [0.717, 1.165) is 0 Å². The lowest BCUT2D eigenvalue weighted by Crippen LogP contribution is -2.31. The molecule has 3 nitrogen and oxygen atoms in total. The number of hydrogen-bond acceptors (Lipinski definition) is 3. The minimum atomic E-state index is 0.573. The topological polar surface area (TPSA) is 19.4 Å². The van der Waals surface area contributed by atoms with E-state index in [9.17, 15) is 0 Å². The highest BCUT2D eigenvalue weighted by Gasteiger charge is 2.31. The number of anilines is 1. The van der Waals surface area contributed by atoms with Gasteiger partial charge in [-0.25, -0.2) is 4.98 Å². The maximum absolute atomic E-state index is 4.70. The van der Waals surface area contributed by atoms with Crippen LogP contribution in [0.15, 0.2) is 18.3 Å². The fourth-order valence-corrected chi connectivity index (χ4v) is 3.60. The second-order valence-corrected chi connectivity index (χ2v) is 6.10. The van der Waals surface area contributed by atoms with Gasteiger partial charge in [-0.15, -0.1) is 0 Å². The van der Waals surface area contributed by atoms with Crippen molar-refractivity contribution < 1.29 is 0 Å². The average Bonchev–Trinajstić information content (AvgIpc) is 3.10. The molecular formula is C16H25N3. The van der Waals surface area contributed by atoms with Crippen LogP contribution in [-0.2, 0) is 0 Å². The Bertz CT molecular complexity index is 424. The van der Waals surface area contributed by atoms with E-state index < -0.39 is 0 Å². The summed E-state index contributed by atoms with van der Waals surface area (Å²) in [6.45, 7) is 8.21. The quantitative estimate of drug-likeness (QED) is 0.831. The lowest BCUT2D eigenvalue weighted by molar-refractivity contribution is 0.205. The molecule has 3 rings (SSSR count). The number of nitrogens with zero attached hydrogens (tertiary/aromatic N) is 3. The van der Waals surface area contributed by atoms with Gasteiger partial charge < -0.3 is 4.90 Å². The zero-order valence-electron chi connectivity index (χ0n) is 12.2. The Kier molecular flexibility index (Phi) is 3.74. The van der Waals surface area contributed by atoms with Crippen LogP contribution in [0.5, 0.6) is 0 Å². The Hall–Kier alpha value is -1.09. The van der Waals surface area contributed by atoms with Crippen molar-refractivity contribution in [2.24, 2.45) is 0 Å². The van der Waals surface area contributed by atoms with Gasteiger partial charge in [-0.1, -0.05) is 6.07 Å². The van der Waals surface area contributed by atoms with Crippen LogP contribution in [0.25, 0.3) is 0 Å². The lowest BCUT2D eigenvalue weighted by Gasteiger charge is -2.31. The van der Waals surface area contributed by atoms with Crippen molar-refractivity contribution in [1.29, 1.82) is 0 Å². The highest BCUT2D eigenvalue weighted by atomic mass is 15.2. The first-order valence-corrected chi connectivity index (χ1v) is 7.73. The maximum atomic E-state index is 4.70. The molecule has 1 aromatic heterocycles. The summed E-state index contributed by atoms with van der Waals surface area (Å²) < 4.78 is 0. The van der Waals surface area contributed by atoms with Gasteiger partial charge in [0.15, 0.2) is 0 Å². The summed E-state index contributed by atoms with van der Waals surface area (Å²) in [5.41, 5.74) is 1.45. The van der Waals surface area contributed by atoms with E-state index in [-0.39, 0.29) is 0 Å². The molecule has 0 saturated carbocycles. The molecule has 1 aromatic rings. The third-order valence-electron chi connectivity index (χ3n) is 4.54. The Morgan fingerprint density at radius 3 is 2.68 bits per heavy atom. The van der Waals surface area contributed by atoms with Gasteiger partial charge in [-0.05, 0) is 52.1 Å². The molecule has 19 heavy (non-hydrogen) atoms. The molecule has 0 aromatic carbocycles. The highest BCUT2D eigenvalue weighted by Crippen LogP contribution is 2.38. The van der Waals surface area contributed by atoms with E-state index in [4.69, 9.17) is 4.98 Å². The number of pyridine rings is 1. The van der Waals surface area contributed by atoms with Crippen molar-refractivity contribution >= 4 is 5.82 Å². The van der Waals surface area contributed by atoms with E-state index in [1.807, 2.05) is 6.20 Å². The summed E-state index contributed by atoms with van der Waals surface area (Å²) in [6.07, 6.45) is 7.18. The van der Waals surface area contributed by atoms with Crippen molar-refractivity contribution in [2.45, 2.75) is 51.6 Å². The van der Waals surface area contributed by atoms with E-state index in [2.05, 4.69) is 35.8 Å². The van der Waals surface area contributed by atoms with Gasteiger partial charge in [-0.2, -0.15) is 0 Å². The van der Waals surface area contributed by atoms with Crippen molar-refractivity contribution in [3.63, 3.8) is 0 Å². The number of hydrogen-bond donors (Lipinski definition) is 0. The molecule has 0 amide bonds. The summed E-state index contributed by atoms with van der Waals surface area (Å²) >= 11 is 0. The van der Waals surface area contributed by atoms with Crippen LogP contribution >= 0.6 is 0 Å². The molecule has 104 valence electrons. The second kappa shape index (κ2) is 5.49. The standard InChI is InChI=1S/C16H25N3/c1-13(2)19-12-6-8-15(19)14-7-5-9-17-16(14)18-10-3-4-11-18/h5,7,9,13,15H,3-4,6,8,10-12H2,1-2H3/t15-/m0/s1. The summed E-state index contributed by atoms with van der Waals surface area (Å²) in [6, 6.07) is 5.60. The van der Waals surface area contributed by atoms with Crippen molar-refractivity contribution in [1.82, 2.24) is 9.88 Å². The van der Waals surface area contributed by atoms with E-state index in [0.29, 0.717) is 12.1 Å². The molecule has 2 aliphatic heterocycles. The first-order chi connectivity index (χ1) is 9.27. The molecule has 2 aliphatic rings. The molecule has 0 N–H and O–H groups in total. The van der Waals surface area contributed by atoms with Gasteiger partial charge >= 0.3 is 0 Å². The van der Waals surface area contributed by atoms with Crippen LogP contribution in [0.4, 0.5) is 5.82 Å². The van der Waals surface area contributed by atoms with Gasteiger partial charge in [0, 0.05) is 36.9 Å². The third-order valence-corrected chi connectivity index (χ3v) is 4.54. The third kappa shape index (κ3) is 2.48. The zero-order chi connectivity index (χ0) is 13.2. The van der Waals surface area contributed by atoms with E-state index in [1.54, 1.807) is 0 Å². The number of rotatable bonds is 3. The van der Waals surface area contributed by atoms with Crippen LogP contribution in [0.2, 0.25) is 0 Å². The number of aromatic nitrogens is 1. The van der Waals surface area contributed by atoms with Crippen LogP contribution in [0, 0.1) is 0 Å². The normalized spacial score (nSPS) is 24.6. The molecule has 1 atom stereocenters. The van der Waals surface area contributed by atoms with E-state index in [1.165, 1.54) is 56.7 Å². The smallest absolute Gasteiger partial charge is 0.133 e. The highest BCUT2D eigenvalue weighted by molar-refractivity contribution is 5.49. The molecular weight excluding hydrogens is 234 g/mol. The van der Waals surface area contributed by atoms with Crippen molar-refractivity contribution in [3.05, 3.63) is 23.9 Å². The summed E-state index contributed by atoms with van der Waals surface area (Å²) in [7, 11) is 0. The summed E-state index contributed by atoms with van der Waals surface area (Å²) in [4.78, 5) is 9.81. The first kappa shape index (κ1) is 12.9. The van der Waals surface area contributed by atoms with Crippen LogP contribution in [0.1, 0.15) is 51.1 Å². The Balaban J connectivity index is 1.91. The summed E-state index contributed by atoms with van der Waals surface area (Å²) in [5.74, 6) is 1.25. The van der Waals surface area contributed by atoms with Crippen molar-refractivity contribution in [3.8, 4) is 0 Å². The van der Waals surface area contributed by atoms with Gasteiger partial charge in [0.25, 0.3) is 0 Å². The Morgan fingerprint density at radius 2 is 1.95 bits per heavy atom. The summed E-state index contributed by atoms with van der Waals surface area (Å²) in [5, 5.41) is 0. The fourth-order valence-electron chi connectivity index (χ4n) is 3.60. The monoisotopic (exact) mass is 259 g/mol. The Morgan fingerprint density at radius 1 is 1.16 bits per heavy atom.